The molecule has 1 rings (SSSR count). The highest BCUT2D eigenvalue weighted by molar-refractivity contribution is 7.92. The number of anilines is 1. The molecule has 114 valence electrons. The fourth-order valence-electron chi connectivity index (χ4n) is 1.96. The molecule has 0 unspecified atom stereocenters. The Morgan fingerprint density at radius 1 is 1.30 bits per heavy atom. The summed E-state index contributed by atoms with van der Waals surface area (Å²) in [5, 5.41) is 0.367. The van der Waals surface area contributed by atoms with Gasteiger partial charge in [-0.1, -0.05) is 13.8 Å². The summed E-state index contributed by atoms with van der Waals surface area (Å²) in [6.07, 6.45) is 1.18. The van der Waals surface area contributed by atoms with Crippen LogP contribution in [0, 0.1) is 6.92 Å². The van der Waals surface area contributed by atoms with Crippen LogP contribution in [-0.4, -0.2) is 26.7 Å². The van der Waals surface area contributed by atoms with Gasteiger partial charge in [-0.15, -0.1) is 11.3 Å². The molecule has 0 spiro atoms. The Morgan fingerprint density at radius 3 is 2.45 bits per heavy atom. The van der Waals surface area contributed by atoms with Gasteiger partial charge in [0.25, 0.3) is 0 Å². The molecule has 1 heterocycles. The third kappa shape index (κ3) is 3.96. The van der Waals surface area contributed by atoms with Crippen LogP contribution in [0.5, 0.6) is 0 Å². The summed E-state index contributed by atoms with van der Waals surface area (Å²) < 4.78 is 31.3. The molecule has 0 atom stereocenters. The predicted octanol–water partition coefficient (Wildman–Crippen LogP) is 2.95. The van der Waals surface area contributed by atoms with E-state index in [0.717, 1.165) is 10.4 Å². The Labute approximate surface area is 124 Å². The fourth-order valence-corrected chi connectivity index (χ4v) is 4.51. The molecule has 0 fully saturated rings. The first-order chi connectivity index (χ1) is 9.36. The smallest absolute Gasteiger partial charge is 0.341 e. The van der Waals surface area contributed by atoms with E-state index in [-0.39, 0.29) is 12.4 Å². The van der Waals surface area contributed by atoms with E-state index in [0.29, 0.717) is 23.4 Å². The Kier molecular flexibility index (Phi) is 6.01. The van der Waals surface area contributed by atoms with E-state index < -0.39 is 16.0 Å². The van der Waals surface area contributed by atoms with Gasteiger partial charge in [0, 0.05) is 4.88 Å². The third-order valence-electron chi connectivity index (χ3n) is 2.76. The summed E-state index contributed by atoms with van der Waals surface area (Å²) >= 11 is 1.28. The lowest BCUT2D eigenvalue weighted by Gasteiger charge is -2.08. The molecule has 1 N–H and O–H groups in total. The molecule has 20 heavy (non-hydrogen) atoms. The fraction of sp³-hybridized carbons (Fsp3) is 0.615. The van der Waals surface area contributed by atoms with Crippen LogP contribution in [0.3, 0.4) is 0 Å². The maximum absolute atomic E-state index is 12.1. The normalized spacial score (nSPS) is 11.4. The largest absolute Gasteiger partial charge is 0.462 e. The number of aryl methyl sites for hydroxylation is 1. The molecule has 0 aliphatic carbocycles. The zero-order valence-electron chi connectivity index (χ0n) is 12.3. The summed E-state index contributed by atoms with van der Waals surface area (Å²) in [7, 11) is -3.41. The van der Waals surface area contributed by atoms with Gasteiger partial charge in [-0.05, 0) is 32.3 Å². The summed E-state index contributed by atoms with van der Waals surface area (Å²) in [5.74, 6) is -0.434. The van der Waals surface area contributed by atoms with E-state index in [1.807, 2.05) is 13.8 Å². The Bertz CT molecular complexity index is 575. The maximum Gasteiger partial charge on any atom is 0.341 e. The first-order valence-corrected chi connectivity index (χ1v) is 9.12. The zero-order chi connectivity index (χ0) is 15.3. The summed E-state index contributed by atoms with van der Waals surface area (Å²) in [6, 6.07) is 0. The molecule has 1 aromatic rings. The Hall–Kier alpha value is -1.08. The van der Waals surface area contributed by atoms with E-state index in [1.165, 1.54) is 11.3 Å². The second-order valence-corrected chi connectivity index (χ2v) is 7.40. The van der Waals surface area contributed by atoms with Crippen LogP contribution in [0.15, 0.2) is 0 Å². The average molecular weight is 319 g/mol. The van der Waals surface area contributed by atoms with Gasteiger partial charge >= 0.3 is 5.97 Å². The molecule has 0 amide bonds. The lowest BCUT2D eigenvalue weighted by molar-refractivity contribution is 0.0527. The van der Waals surface area contributed by atoms with Gasteiger partial charge in [0.15, 0.2) is 0 Å². The predicted molar refractivity (Wildman–Crippen MR) is 82.1 cm³/mol. The minimum atomic E-state index is -3.41. The monoisotopic (exact) mass is 319 g/mol. The van der Waals surface area contributed by atoms with Crippen LogP contribution in [0.2, 0.25) is 0 Å². The molecule has 7 heteroatoms. The Balaban J connectivity index is 3.23. The average Bonchev–Trinajstić information content (AvgIpc) is 2.64. The van der Waals surface area contributed by atoms with Crippen LogP contribution in [0.4, 0.5) is 5.00 Å². The number of carbonyl (C=O) groups is 1. The third-order valence-corrected chi connectivity index (χ3v) is 5.42. The van der Waals surface area contributed by atoms with Crippen LogP contribution >= 0.6 is 11.3 Å². The van der Waals surface area contributed by atoms with E-state index >= 15 is 0 Å². The zero-order valence-corrected chi connectivity index (χ0v) is 13.9. The molecule has 1 aromatic heterocycles. The van der Waals surface area contributed by atoms with E-state index in [2.05, 4.69) is 4.72 Å². The molecule has 0 aromatic carbocycles. The van der Waals surface area contributed by atoms with Gasteiger partial charge in [-0.25, -0.2) is 13.2 Å². The topological polar surface area (TPSA) is 72.5 Å². The van der Waals surface area contributed by atoms with E-state index in [9.17, 15) is 13.2 Å². The maximum atomic E-state index is 12.1. The van der Waals surface area contributed by atoms with Crippen molar-refractivity contribution < 1.29 is 17.9 Å². The van der Waals surface area contributed by atoms with Gasteiger partial charge in [0.05, 0.1) is 17.9 Å². The molecule has 0 radical (unpaired) electrons. The van der Waals surface area contributed by atoms with Crippen molar-refractivity contribution in [3.05, 3.63) is 16.0 Å². The number of nitrogens with one attached hydrogen (secondary N) is 1. The molecule has 0 saturated heterocycles. The summed E-state index contributed by atoms with van der Waals surface area (Å²) in [5.41, 5.74) is 1.21. The second-order valence-electron chi connectivity index (χ2n) is 4.34. The van der Waals surface area contributed by atoms with Crippen LogP contribution in [0.25, 0.3) is 0 Å². The van der Waals surface area contributed by atoms with Crippen LogP contribution in [-0.2, 0) is 21.2 Å². The highest BCUT2D eigenvalue weighted by atomic mass is 32.2. The SMILES string of the molecule is CCCS(=O)(=O)Nc1sc(C)c(CC)c1C(=O)OCC. The first kappa shape index (κ1) is 17.0. The molecular formula is C13H21NO4S2. The molecule has 0 saturated carbocycles. The molecule has 0 bridgehead atoms. The summed E-state index contributed by atoms with van der Waals surface area (Å²) in [6.45, 7) is 7.59. The Morgan fingerprint density at radius 2 is 1.95 bits per heavy atom. The number of carbonyl (C=O) groups excluding carboxylic acids is 1. The van der Waals surface area contributed by atoms with E-state index in [4.69, 9.17) is 4.74 Å². The van der Waals surface area contributed by atoms with Crippen molar-refractivity contribution in [1.82, 2.24) is 0 Å². The van der Waals surface area contributed by atoms with Gasteiger partial charge in [0.2, 0.25) is 10.0 Å². The second kappa shape index (κ2) is 7.08. The van der Waals surface area contributed by atoms with Crippen molar-refractivity contribution in [3.63, 3.8) is 0 Å². The van der Waals surface area contributed by atoms with Crippen molar-refractivity contribution in [3.8, 4) is 0 Å². The van der Waals surface area contributed by atoms with Crippen LogP contribution < -0.4 is 4.72 Å². The number of hydrogen-bond donors (Lipinski definition) is 1. The van der Waals surface area contributed by atoms with Crippen molar-refractivity contribution >= 4 is 32.3 Å². The van der Waals surface area contributed by atoms with Crippen LogP contribution in [0.1, 0.15) is 48.0 Å². The summed E-state index contributed by atoms with van der Waals surface area (Å²) in [4.78, 5) is 13.0. The van der Waals surface area contributed by atoms with Gasteiger partial charge in [0.1, 0.15) is 5.00 Å². The van der Waals surface area contributed by atoms with Gasteiger partial charge in [-0.2, -0.15) is 0 Å². The standard InChI is InChI=1S/C13H21NO4S2/c1-5-8-20(16,17)14-12-11(13(15)18-7-3)10(6-2)9(4)19-12/h14H,5-8H2,1-4H3. The number of sulfonamides is 1. The van der Waals surface area contributed by atoms with Crippen molar-refractivity contribution in [2.24, 2.45) is 0 Å². The number of ether oxygens (including phenoxy) is 1. The first-order valence-electron chi connectivity index (χ1n) is 6.66. The number of rotatable bonds is 7. The van der Waals surface area contributed by atoms with Gasteiger partial charge < -0.3 is 4.74 Å². The quantitative estimate of drug-likeness (QED) is 0.784. The minimum Gasteiger partial charge on any atom is -0.462 e. The molecule has 5 nitrogen and oxygen atoms in total. The van der Waals surface area contributed by atoms with Gasteiger partial charge in [-0.3, -0.25) is 4.72 Å². The molecule has 0 aliphatic heterocycles. The lowest BCUT2D eigenvalue weighted by Crippen LogP contribution is -2.18. The van der Waals surface area contributed by atoms with E-state index in [1.54, 1.807) is 13.8 Å². The number of hydrogen-bond acceptors (Lipinski definition) is 5. The highest BCUT2D eigenvalue weighted by Crippen LogP contribution is 2.34. The van der Waals surface area contributed by atoms with Crippen molar-refractivity contribution in [1.29, 1.82) is 0 Å². The molecular weight excluding hydrogens is 298 g/mol. The minimum absolute atomic E-state index is 0.0354. The van der Waals surface area contributed by atoms with Crippen molar-refractivity contribution in [2.45, 2.75) is 40.5 Å². The molecule has 0 aliphatic rings. The van der Waals surface area contributed by atoms with Crippen molar-refractivity contribution in [2.75, 3.05) is 17.1 Å². The number of thiophene rings is 1. The lowest BCUT2D eigenvalue weighted by atomic mass is 10.1. The number of esters is 1. The highest BCUT2D eigenvalue weighted by Gasteiger charge is 2.24.